The molecule has 0 unspecified atom stereocenters. The number of carbonyl (C=O) groups excluding carboxylic acids is 1. The van der Waals surface area contributed by atoms with Gasteiger partial charge in [-0.1, -0.05) is 47.3 Å². The number of benzene rings is 1. The smallest absolute Gasteiger partial charge is 0.317 e. The number of carboxylic acid groups (broad SMARTS) is 1. The van der Waals surface area contributed by atoms with E-state index in [-0.39, 0.29) is 12.2 Å². The summed E-state index contributed by atoms with van der Waals surface area (Å²) in [5, 5.41) is 9.11. The molecule has 0 aromatic heterocycles. The molecule has 0 aliphatic heterocycles. The van der Waals surface area contributed by atoms with Crippen LogP contribution in [-0.2, 0) is 4.79 Å². The summed E-state index contributed by atoms with van der Waals surface area (Å²) < 4.78 is 0.908. The molecule has 21 heavy (non-hydrogen) atoms. The van der Waals surface area contributed by atoms with Crippen LogP contribution < -0.4 is 0 Å². The topological polar surface area (TPSA) is 54.4 Å². The van der Waals surface area contributed by atoms with E-state index in [1.165, 1.54) is 31.0 Å². The van der Waals surface area contributed by atoms with Crippen molar-refractivity contribution in [3.8, 4) is 0 Å². The molecule has 1 aliphatic carbocycles. The zero-order chi connectivity index (χ0) is 15.2. The summed E-state index contributed by atoms with van der Waals surface area (Å²) in [7, 11) is 0. The number of carbonyl (C=O) groups is 2. The first-order valence-electron chi connectivity index (χ1n) is 7.23. The minimum atomic E-state index is -0.879. The van der Waals surface area contributed by atoms with Crippen LogP contribution in [0.5, 0.6) is 0 Å². The van der Waals surface area contributed by atoms with E-state index in [0.717, 1.165) is 17.3 Å². The maximum Gasteiger partial charge on any atom is 0.317 e. The van der Waals surface area contributed by atoms with E-state index in [1.807, 2.05) is 0 Å². The van der Waals surface area contributed by atoms with Crippen molar-refractivity contribution in [1.82, 2.24) is 0 Å². The molecule has 1 aromatic rings. The minimum Gasteiger partial charge on any atom is -0.480 e. The van der Waals surface area contributed by atoms with Crippen molar-refractivity contribution < 1.29 is 14.7 Å². The van der Waals surface area contributed by atoms with E-state index in [1.54, 1.807) is 24.3 Å². The maximum absolute atomic E-state index is 12.2. The van der Waals surface area contributed by atoms with Gasteiger partial charge in [-0.05, 0) is 25.0 Å². The maximum atomic E-state index is 12.2. The Balaban J connectivity index is 1.96. The number of hydrogen-bond donors (Lipinski definition) is 1. The van der Waals surface area contributed by atoms with Crippen molar-refractivity contribution in [3.05, 3.63) is 34.3 Å². The highest BCUT2D eigenvalue weighted by molar-refractivity contribution is 9.10. The van der Waals surface area contributed by atoms with Gasteiger partial charge in [0, 0.05) is 21.7 Å². The average molecular weight is 371 g/mol. The van der Waals surface area contributed by atoms with Crippen LogP contribution >= 0.6 is 27.7 Å². The first-order valence-corrected chi connectivity index (χ1v) is 8.97. The predicted octanol–water partition coefficient (Wildman–Crippen LogP) is 4.54. The van der Waals surface area contributed by atoms with Gasteiger partial charge in [-0.25, -0.2) is 0 Å². The van der Waals surface area contributed by atoms with Gasteiger partial charge in [-0.15, -0.1) is 11.8 Å². The molecule has 0 spiro atoms. The van der Waals surface area contributed by atoms with Crippen LogP contribution in [-0.4, -0.2) is 27.4 Å². The lowest BCUT2D eigenvalue weighted by Gasteiger charge is -2.24. The molecule has 0 amide bonds. The van der Waals surface area contributed by atoms with Crippen molar-refractivity contribution in [1.29, 1.82) is 0 Å². The number of hydrogen-bond acceptors (Lipinski definition) is 3. The highest BCUT2D eigenvalue weighted by Gasteiger charge is 2.27. The fraction of sp³-hybridized carbons (Fsp3) is 0.500. The zero-order valence-electron chi connectivity index (χ0n) is 11.8. The van der Waals surface area contributed by atoms with Crippen molar-refractivity contribution >= 4 is 39.4 Å². The predicted molar refractivity (Wildman–Crippen MR) is 89.0 cm³/mol. The highest BCUT2D eigenvalue weighted by Crippen LogP contribution is 2.33. The normalized spacial score (nSPS) is 17.4. The summed E-state index contributed by atoms with van der Waals surface area (Å²) in [5.41, 5.74) is 0.577. The Kier molecular flexibility index (Phi) is 6.30. The lowest BCUT2D eigenvalue weighted by atomic mass is 10.0. The molecule has 1 N–H and O–H groups in total. The third-order valence-corrected chi connectivity index (χ3v) is 5.80. The van der Waals surface area contributed by atoms with Gasteiger partial charge >= 0.3 is 5.97 Å². The van der Waals surface area contributed by atoms with Crippen LogP contribution in [0.4, 0.5) is 0 Å². The molecule has 1 aromatic carbocycles. The van der Waals surface area contributed by atoms with Crippen LogP contribution in [0, 0.1) is 0 Å². The van der Waals surface area contributed by atoms with Gasteiger partial charge in [0.1, 0.15) is 5.25 Å². The minimum absolute atomic E-state index is 0.0676. The van der Waals surface area contributed by atoms with Crippen molar-refractivity contribution in [2.24, 2.45) is 0 Å². The van der Waals surface area contributed by atoms with Crippen LogP contribution in [0.15, 0.2) is 28.7 Å². The van der Waals surface area contributed by atoms with Crippen molar-refractivity contribution in [2.75, 3.05) is 0 Å². The Hall–Kier alpha value is -0.810. The Labute approximate surface area is 137 Å². The quantitative estimate of drug-likeness (QED) is 0.746. The molecular weight excluding hydrogens is 352 g/mol. The lowest BCUT2D eigenvalue weighted by Crippen LogP contribution is -2.24. The standard InChI is InChI=1S/C16H19BrO3S/c17-12-8-6-11(7-9-12)14(18)10-15(16(19)20)21-13-4-2-1-3-5-13/h6-9,13,15H,1-5,10H2,(H,19,20)/t15-/m0/s1. The molecule has 1 saturated carbocycles. The van der Waals surface area contributed by atoms with Crippen LogP contribution in [0.2, 0.25) is 0 Å². The number of rotatable bonds is 6. The number of carboxylic acids is 1. The molecule has 1 aliphatic rings. The van der Waals surface area contributed by atoms with Gasteiger partial charge in [-0.2, -0.15) is 0 Å². The molecule has 5 heteroatoms. The third-order valence-electron chi connectivity index (χ3n) is 3.72. The zero-order valence-corrected chi connectivity index (χ0v) is 14.2. The lowest BCUT2D eigenvalue weighted by molar-refractivity contribution is -0.136. The molecule has 2 rings (SSSR count). The fourth-order valence-electron chi connectivity index (χ4n) is 2.55. The van der Waals surface area contributed by atoms with E-state index in [4.69, 9.17) is 0 Å². The first-order chi connectivity index (χ1) is 10.1. The Morgan fingerprint density at radius 1 is 1.19 bits per heavy atom. The number of aliphatic carboxylic acids is 1. The largest absolute Gasteiger partial charge is 0.480 e. The molecule has 0 bridgehead atoms. The first kappa shape index (κ1) is 16.6. The highest BCUT2D eigenvalue weighted by atomic mass is 79.9. The van der Waals surface area contributed by atoms with E-state index < -0.39 is 11.2 Å². The van der Waals surface area contributed by atoms with Gasteiger partial charge < -0.3 is 5.11 Å². The summed E-state index contributed by atoms with van der Waals surface area (Å²) in [4.78, 5) is 23.6. The molecule has 3 nitrogen and oxygen atoms in total. The van der Waals surface area contributed by atoms with Crippen molar-refractivity contribution in [3.63, 3.8) is 0 Å². The van der Waals surface area contributed by atoms with Crippen LogP contribution in [0.25, 0.3) is 0 Å². The van der Waals surface area contributed by atoms with Gasteiger partial charge in [-0.3, -0.25) is 9.59 Å². The van der Waals surface area contributed by atoms with Crippen LogP contribution in [0.3, 0.4) is 0 Å². The number of halogens is 1. The second-order valence-corrected chi connectivity index (χ2v) is 7.78. The Bertz CT molecular complexity index is 495. The monoisotopic (exact) mass is 370 g/mol. The second kappa shape index (κ2) is 7.99. The number of thioether (sulfide) groups is 1. The number of Topliss-reactive ketones (excluding diaryl/α,β-unsaturated/α-hetero) is 1. The Morgan fingerprint density at radius 3 is 2.38 bits per heavy atom. The Morgan fingerprint density at radius 2 is 1.81 bits per heavy atom. The molecular formula is C16H19BrO3S. The molecule has 0 radical (unpaired) electrons. The SMILES string of the molecule is O=C(C[C@H](SC1CCCCC1)C(=O)O)c1ccc(Br)cc1. The number of ketones is 1. The average Bonchev–Trinajstić information content (AvgIpc) is 2.48. The van der Waals surface area contributed by atoms with Crippen molar-refractivity contribution in [2.45, 2.75) is 49.0 Å². The molecule has 1 fully saturated rings. The molecule has 0 saturated heterocycles. The summed E-state index contributed by atoms with van der Waals surface area (Å²) in [6.45, 7) is 0. The third kappa shape index (κ3) is 5.15. The van der Waals surface area contributed by atoms with E-state index in [2.05, 4.69) is 15.9 Å². The molecule has 1 atom stereocenters. The van der Waals surface area contributed by atoms with E-state index >= 15 is 0 Å². The van der Waals surface area contributed by atoms with Gasteiger partial charge in [0.2, 0.25) is 0 Å². The molecule has 0 heterocycles. The van der Waals surface area contributed by atoms with E-state index in [9.17, 15) is 14.7 Å². The second-order valence-electron chi connectivity index (χ2n) is 5.36. The fourth-order valence-corrected chi connectivity index (χ4v) is 4.25. The van der Waals surface area contributed by atoms with Gasteiger partial charge in [0.05, 0.1) is 0 Å². The summed E-state index contributed by atoms with van der Waals surface area (Å²) >= 11 is 4.80. The van der Waals surface area contributed by atoms with Crippen LogP contribution in [0.1, 0.15) is 48.9 Å². The van der Waals surface area contributed by atoms with E-state index in [0.29, 0.717) is 10.8 Å². The summed E-state index contributed by atoms with van der Waals surface area (Å²) in [6, 6.07) is 7.07. The summed E-state index contributed by atoms with van der Waals surface area (Å²) in [6.07, 6.45) is 5.79. The van der Waals surface area contributed by atoms with Gasteiger partial charge in [0.15, 0.2) is 5.78 Å². The van der Waals surface area contributed by atoms with Gasteiger partial charge in [0.25, 0.3) is 0 Å². The molecule has 114 valence electrons. The summed E-state index contributed by atoms with van der Waals surface area (Å²) in [5.74, 6) is -0.978.